The number of benzene rings is 1. The van der Waals surface area contributed by atoms with Crippen molar-refractivity contribution in [3.8, 4) is 0 Å². The SMILES string of the molecule is C[C@@]1(O)[C@H](O)[C@@H](CO)O[C@H]1n1ccc2c(N)cccc21. The fourth-order valence-corrected chi connectivity index (χ4v) is 2.81. The summed E-state index contributed by atoms with van der Waals surface area (Å²) >= 11 is 0. The molecule has 0 saturated carbocycles. The van der Waals surface area contributed by atoms with Crippen LogP contribution < -0.4 is 5.73 Å². The first-order chi connectivity index (χ1) is 9.46. The number of anilines is 1. The Balaban J connectivity index is 2.10. The van der Waals surface area contributed by atoms with Crippen molar-refractivity contribution in [3.05, 3.63) is 30.5 Å². The Morgan fingerprint density at radius 2 is 2.15 bits per heavy atom. The van der Waals surface area contributed by atoms with E-state index >= 15 is 0 Å². The lowest BCUT2D eigenvalue weighted by atomic mass is 9.96. The topological polar surface area (TPSA) is 101 Å². The summed E-state index contributed by atoms with van der Waals surface area (Å²) in [5.74, 6) is 0. The van der Waals surface area contributed by atoms with Gasteiger partial charge in [-0.15, -0.1) is 0 Å². The molecule has 0 spiro atoms. The van der Waals surface area contributed by atoms with Gasteiger partial charge in [0.1, 0.15) is 17.8 Å². The van der Waals surface area contributed by atoms with Crippen molar-refractivity contribution in [2.45, 2.75) is 31.0 Å². The zero-order valence-corrected chi connectivity index (χ0v) is 11.1. The third kappa shape index (κ3) is 1.73. The molecule has 2 aromatic rings. The molecule has 1 aromatic carbocycles. The largest absolute Gasteiger partial charge is 0.398 e. The molecule has 1 aliphatic heterocycles. The number of nitrogens with zero attached hydrogens (tertiary/aromatic N) is 1. The molecule has 2 heterocycles. The molecule has 0 bridgehead atoms. The van der Waals surface area contributed by atoms with Crippen molar-refractivity contribution in [2.75, 3.05) is 12.3 Å². The maximum absolute atomic E-state index is 10.5. The number of nitrogens with two attached hydrogens (primary N) is 1. The second kappa shape index (κ2) is 4.46. The van der Waals surface area contributed by atoms with E-state index in [9.17, 15) is 15.3 Å². The number of aliphatic hydroxyl groups is 3. The Bertz CT molecular complexity index is 637. The zero-order valence-electron chi connectivity index (χ0n) is 11.1. The Morgan fingerprint density at radius 1 is 1.40 bits per heavy atom. The molecule has 1 aliphatic rings. The van der Waals surface area contributed by atoms with E-state index in [2.05, 4.69) is 0 Å². The number of aromatic nitrogens is 1. The minimum atomic E-state index is -1.50. The second-order valence-corrected chi connectivity index (χ2v) is 5.38. The van der Waals surface area contributed by atoms with Gasteiger partial charge >= 0.3 is 0 Å². The van der Waals surface area contributed by atoms with Crippen molar-refractivity contribution in [1.82, 2.24) is 4.57 Å². The van der Waals surface area contributed by atoms with Crippen molar-refractivity contribution in [1.29, 1.82) is 0 Å². The van der Waals surface area contributed by atoms with Crippen LogP contribution in [0.25, 0.3) is 10.9 Å². The maximum atomic E-state index is 10.5. The van der Waals surface area contributed by atoms with Crippen LogP contribution in [0.2, 0.25) is 0 Å². The van der Waals surface area contributed by atoms with Crippen LogP contribution in [-0.2, 0) is 4.74 Å². The molecule has 108 valence electrons. The Labute approximate surface area is 116 Å². The molecular weight excluding hydrogens is 260 g/mol. The Kier molecular flexibility index (Phi) is 2.98. The molecule has 1 saturated heterocycles. The summed E-state index contributed by atoms with van der Waals surface area (Å²) in [4.78, 5) is 0. The third-order valence-corrected chi connectivity index (χ3v) is 3.98. The van der Waals surface area contributed by atoms with Gasteiger partial charge in [-0.1, -0.05) is 6.07 Å². The van der Waals surface area contributed by atoms with Crippen LogP contribution in [0.15, 0.2) is 30.5 Å². The van der Waals surface area contributed by atoms with Crippen LogP contribution in [0.1, 0.15) is 13.2 Å². The van der Waals surface area contributed by atoms with Crippen molar-refractivity contribution in [2.24, 2.45) is 0 Å². The van der Waals surface area contributed by atoms with E-state index in [-0.39, 0.29) is 6.61 Å². The van der Waals surface area contributed by atoms with Gasteiger partial charge in [-0.2, -0.15) is 0 Å². The van der Waals surface area contributed by atoms with Crippen LogP contribution in [0, 0.1) is 0 Å². The van der Waals surface area contributed by atoms with E-state index in [1.807, 2.05) is 18.2 Å². The highest BCUT2D eigenvalue weighted by atomic mass is 16.6. The Morgan fingerprint density at radius 3 is 2.80 bits per heavy atom. The smallest absolute Gasteiger partial charge is 0.165 e. The molecule has 0 aliphatic carbocycles. The van der Waals surface area contributed by atoms with E-state index in [0.29, 0.717) is 5.69 Å². The fraction of sp³-hybridized carbons (Fsp3) is 0.429. The lowest BCUT2D eigenvalue weighted by Crippen LogP contribution is -2.44. The highest BCUT2D eigenvalue weighted by Crippen LogP contribution is 2.40. The summed E-state index contributed by atoms with van der Waals surface area (Å²) in [6.07, 6.45) is -0.995. The van der Waals surface area contributed by atoms with Gasteiger partial charge < -0.3 is 30.4 Å². The summed E-state index contributed by atoms with van der Waals surface area (Å²) in [7, 11) is 0. The predicted octanol–water partition coefficient (Wildman–Crippen LogP) is 0.225. The molecule has 1 aromatic heterocycles. The third-order valence-electron chi connectivity index (χ3n) is 3.98. The van der Waals surface area contributed by atoms with Crippen LogP contribution in [0.3, 0.4) is 0 Å². The highest BCUT2D eigenvalue weighted by molar-refractivity contribution is 5.91. The molecular formula is C14H18N2O4. The van der Waals surface area contributed by atoms with Crippen molar-refractivity contribution in [3.63, 3.8) is 0 Å². The highest BCUT2D eigenvalue weighted by Gasteiger charge is 2.52. The molecule has 20 heavy (non-hydrogen) atoms. The normalized spacial score (nSPS) is 33.9. The van der Waals surface area contributed by atoms with Gasteiger partial charge in [-0.25, -0.2) is 0 Å². The van der Waals surface area contributed by atoms with Crippen molar-refractivity contribution >= 4 is 16.6 Å². The first kappa shape index (κ1) is 13.4. The molecule has 6 heteroatoms. The van der Waals surface area contributed by atoms with Gasteiger partial charge in [-0.3, -0.25) is 0 Å². The molecule has 1 fully saturated rings. The van der Waals surface area contributed by atoms with Crippen LogP contribution in [0.4, 0.5) is 5.69 Å². The molecule has 3 rings (SSSR count). The van der Waals surface area contributed by atoms with E-state index in [4.69, 9.17) is 10.5 Å². The van der Waals surface area contributed by atoms with Crippen LogP contribution >= 0.6 is 0 Å². The predicted molar refractivity (Wildman–Crippen MR) is 74.0 cm³/mol. The van der Waals surface area contributed by atoms with Gasteiger partial charge in [0.05, 0.1) is 12.1 Å². The number of hydrogen-bond donors (Lipinski definition) is 4. The number of hydrogen-bond acceptors (Lipinski definition) is 5. The zero-order chi connectivity index (χ0) is 14.5. The van der Waals surface area contributed by atoms with E-state index in [1.165, 1.54) is 6.92 Å². The summed E-state index contributed by atoms with van der Waals surface area (Å²) in [6, 6.07) is 7.32. The summed E-state index contributed by atoms with van der Waals surface area (Å²) < 4.78 is 7.33. The lowest BCUT2D eigenvalue weighted by Gasteiger charge is -2.28. The second-order valence-electron chi connectivity index (χ2n) is 5.38. The molecule has 0 unspecified atom stereocenters. The van der Waals surface area contributed by atoms with Crippen LogP contribution in [0.5, 0.6) is 0 Å². The first-order valence-corrected chi connectivity index (χ1v) is 6.48. The van der Waals surface area contributed by atoms with Gasteiger partial charge in [0.25, 0.3) is 0 Å². The first-order valence-electron chi connectivity index (χ1n) is 6.48. The van der Waals surface area contributed by atoms with Gasteiger partial charge in [0.15, 0.2) is 6.23 Å². The molecule has 5 N–H and O–H groups in total. The minimum absolute atomic E-state index is 0.352. The van der Waals surface area contributed by atoms with Gasteiger partial charge in [-0.05, 0) is 25.1 Å². The number of fused-ring (bicyclic) bond motifs is 1. The van der Waals surface area contributed by atoms with E-state index in [0.717, 1.165) is 10.9 Å². The average molecular weight is 278 g/mol. The standard InChI is InChI=1S/C14H18N2O4/c1-14(19)12(18)11(7-17)20-13(14)16-6-5-8-9(15)3-2-4-10(8)16/h2-6,11-13,17-19H,7,15H2,1H3/t11-,12-,13-,14-/m1/s1. The lowest BCUT2D eigenvalue weighted by molar-refractivity contribution is -0.0946. The molecule has 4 atom stereocenters. The van der Waals surface area contributed by atoms with Crippen molar-refractivity contribution < 1.29 is 20.1 Å². The number of rotatable bonds is 2. The molecule has 6 nitrogen and oxygen atoms in total. The molecule has 0 amide bonds. The summed E-state index contributed by atoms with van der Waals surface area (Å²) in [6.45, 7) is 1.14. The van der Waals surface area contributed by atoms with E-state index in [1.54, 1.807) is 16.8 Å². The Hall–Kier alpha value is -1.60. The monoisotopic (exact) mass is 278 g/mol. The number of aliphatic hydroxyl groups excluding tert-OH is 2. The minimum Gasteiger partial charge on any atom is -0.398 e. The quantitative estimate of drug-likeness (QED) is 0.589. The number of nitrogen functional groups attached to an aromatic ring is 1. The summed E-state index contributed by atoms with van der Waals surface area (Å²) in [5.41, 5.74) is 5.86. The summed E-state index contributed by atoms with van der Waals surface area (Å²) in [5, 5.41) is 30.6. The van der Waals surface area contributed by atoms with Crippen LogP contribution in [-0.4, -0.2) is 44.3 Å². The molecule has 0 radical (unpaired) electrons. The van der Waals surface area contributed by atoms with E-state index < -0.39 is 24.0 Å². The maximum Gasteiger partial charge on any atom is 0.165 e. The average Bonchev–Trinajstić information content (AvgIpc) is 2.92. The fourth-order valence-electron chi connectivity index (χ4n) is 2.81. The van der Waals surface area contributed by atoms with Gasteiger partial charge in [0, 0.05) is 17.3 Å². The van der Waals surface area contributed by atoms with Gasteiger partial charge in [0.2, 0.25) is 0 Å². The number of ether oxygens (including phenoxy) is 1.